The number of halogens is 1. The molecule has 0 saturated carbocycles. The number of anilines is 2. The number of nitrogen functional groups attached to an aromatic ring is 1. The zero-order valence-electron chi connectivity index (χ0n) is 10.4. The maximum Gasteiger partial charge on any atom is 1.00 e. The van der Waals surface area contributed by atoms with Gasteiger partial charge < -0.3 is 38.6 Å². The molecule has 0 aliphatic rings. The Labute approximate surface area is 129 Å². The maximum absolute atomic E-state index is 5.69. The van der Waals surface area contributed by atoms with E-state index in [0.717, 1.165) is 18.8 Å². The fraction of sp³-hybridized carbons (Fsp3) is 0.455. The number of hydrogen-bond acceptors (Lipinski definition) is 2. The molecule has 1 rings (SSSR count). The van der Waals surface area contributed by atoms with Gasteiger partial charge in [-0.15, -0.1) is 0 Å². The van der Waals surface area contributed by atoms with Crippen molar-refractivity contribution in [3.05, 3.63) is 23.8 Å². The van der Waals surface area contributed by atoms with Crippen molar-refractivity contribution >= 4 is 11.4 Å². The Kier molecular flexibility index (Phi) is 18.8. The van der Waals surface area contributed by atoms with Crippen LogP contribution in [0.2, 0.25) is 0 Å². The van der Waals surface area contributed by atoms with Crippen LogP contribution >= 0.6 is 0 Å². The van der Waals surface area contributed by atoms with Gasteiger partial charge in [0.05, 0.1) is 0 Å². The molecule has 0 spiro atoms. The van der Waals surface area contributed by atoms with Gasteiger partial charge in [-0.2, -0.15) is 0 Å². The van der Waals surface area contributed by atoms with Crippen LogP contribution in [0.4, 0.5) is 11.4 Å². The van der Waals surface area contributed by atoms with Crippen molar-refractivity contribution in [3.8, 4) is 0 Å². The molecule has 0 atom stereocenters. The molecular formula is C11H22AgBrN2O2. The van der Waals surface area contributed by atoms with Gasteiger partial charge in [0, 0.05) is 24.5 Å². The van der Waals surface area contributed by atoms with Gasteiger partial charge in [-0.1, -0.05) is 0 Å². The molecule has 6 N–H and O–H groups in total. The van der Waals surface area contributed by atoms with Crippen LogP contribution in [0, 0.1) is 6.92 Å². The predicted octanol–water partition coefficient (Wildman–Crippen LogP) is -2.22. The third-order valence-electron chi connectivity index (χ3n) is 2.32. The number of aryl methyl sites for hydroxylation is 1. The van der Waals surface area contributed by atoms with Crippen LogP contribution in [0.25, 0.3) is 0 Å². The van der Waals surface area contributed by atoms with Crippen LogP contribution in [0.3, 0.4) is 0 Å². The third kappa shape index (κ3) is 7.08. The topological polar surface area (TPSA) is 92.3 Å². The van der Waals surface area contributed by atoms with Crippen LogP contribution in [0.5, 0.6) is 0 Å². The summed E-state index contributed by atoms with van der Waals surface area (Å²) < 4.78 is 0. The van der Waals surface area contributed by atoms with Crippen molar-refractivity contribution in [2.24, 2.45) is 0 Å². The van der Waals surface area contributed by atoms with Gasteiger partial charge in [0.25, 0.3) is 0 Å². The number of hydrogen-bond donors (Lipinski definition) is 1. The van der Waals surface area contributed by atoms with E-state index in [1.54, 1.807) is 0 Å². The summed E-state index contributed by atoms with van der Waals surface area (Å²) in [4.78, 5) is 2.33. The van der Waals surface area contributed by atoms with Crippen LogP contribution in [-0.4, -0.2) is 24.0 Å². The van der Waals surface area contributed by atoms with Crippen molar-refractivity contribution in [1.82, 2.24) is 0 Å². The normalized spacial score (nSPS) is 7.71. The minimum Gasteiger partial charge on any atom is -1.00 e. The molecule has 0 bridgehead atoms. The summed E-state index contributed by atoms with van der Waals surface area (Å²) in [6, 6.07) is 6.08. The average molecular weight is 402 g/mol. The molecule has 0 aliphatic carbocycles. The summed E-state index contributed by atoms with van der Waals surface area (Å²) in [6.07, 6.45) is 0. The van der Waals surface area contributed by atoms with E-state index >= 15 is 0 Å². The zero-order chi connectivity index (χ0) is 9.84. The second-order valence-corrected chi connectivity index (χ2v) is 3.22. The van der Waals surface area contributed by atoms with Crippen LogP contribution in [0.15, 0.2) is 18.2 Å². The minimum absolute atomic E-state index is 0. The second kappa shape index (κ2) is 12.4. The Hall–Kier alpha value is -0.0397. The van der Waals surface area contributed by atoms with E-state index in [1.165, 1.54) is 11.3 Å². The summed E-state index contributed by atoms with van der Waals surface area (Å²) in [7, 11) is 0. The van der Waals surface area contributed by atoms with Gasteiger partial charge in [-0.05, 0) is 44.5 Å². The molecular weight excluding hydrogens is 380 g/mol. The van der Waals surface area contributed by atoms with Gasteiger partial charge in [0.15, 0.2) is 0 Å². The summed E-state index contributed by atoms with van der Waals surface area (Å²) in [6.45, 7) is 8.52. The largest absolute Gasteiger partial charge is 1.00 e. The van der Waals surface area contributed by atoms with Crippen LogP contribution in [0.1, 0.15) is 19.4 Å². The molecule has 0 fully saturated rings. The molecule has 0 heterocycles. The first kappa shape index (κ1) is 25.7. The Morgan fingerprint density at radius 1 is 1.12 bits per heavy atom. The Balaban J connectivity index is -0.000000211. The summed E-state index contributed by atoms with van der Waals surface area (Å²) in [5.74, 6) is 0. The van der Waals surface area contributed by atoms with Crippen molar-refractivity contribution in [1.29, 1.82) is 0 Å². The zero-order valence-corrected chi connectivity index (χ0v) is 13.4. The molecule has 0 radical (unpaired) electrons. The van der Waals surface area contributed by atoms with Gasteiger partial charge in [0.2, 0.25) is 0 Å². The van der Waals surface area contributed by atoms with E-state index in [-0.39, 0.29) is 50.3 Å². The third-order valence-corrected chi connectivity index (χ3v) is 2.32. The van der Waals surface area contributed by atoms with E-state index in [0.29, 0.717) is 0 Å². The van der Waals surface area contributed by atoms with E-state index in [2.05, 4.69) is 31.7 Å². The fourth-order valence-electron chi connectivity index (χ4n) is 1.60. The molecule has 0 aromatic heterocycles. The Bertz CT molecular complexity index is 297. The average Bonchev–Trinajstić information content (AvgIpc) is 2.10. The smallest absolute Gasteiger partial charge is 1.00 e. The first-order valence-corrected chi connectivity index (χ1v) is 4.80. The standard InChI is InChI=1S/C11H18N2.Ag.BrH.2H2O/c1-4-13(5-2)11-7-6-10(12)8-9(11)3;;;;/h6-8H,4-5,12H2,1-3H3;;1H;2*1H2/q;+1;;;/p-1. The molecule has 0 aliphatic heterocycles. The molecule has 1 aromatic carbocycles. The molecule has 6 heteroatoms. The monoisotopic (exact) mass is 400 g/mol. The Morgan fingerprint density at radius 2 is 1.59 bits per heavy atom. The van der Waals surface area contributed by atoms with Crippen molar-refractivity contribution in [3.63, 3.8) is 0 Å². The van der Waals surface area contributed by atoms with Gasteiger partial charge in [0.1, 0.15) is 0 Å². The fourth-order valence-corrected chi connectivity index (χ4v) is 1.60. The number of rotatable bonds is 3. The minimum atomic E-state index is 0. The maximum atomic E-state index is 5.69. The van der Waals surface area contributed by atoms with E-state index < -0.39 is 0 Å². The Morgan fingerprint density at radius 3 is 1.94 bits per heavy atom. The molecule has 17 heavy (non-hydrogen) atoms. The van der Waals surface area contributed by atoms with Gasteiger partial charge in [-0.25, -0.2) is 0 Å². The summed E-state index contributed by atoms with van der Waals surface area (Å²) in [5, 5.41) is 0. The number of nitrogens with two attached hydrogens (primary N) is 1. The first-order chi connectivity index (χ1) is 6.19. The molecule has 1 aromatic rings. The summed E-state index contributed by atoms with van der Waals surface area (Å²) in [5.41, 5.74) is 9.08. The second-order valence-electron chi connectivity index (χ2n) is 3.22. The SMILES string of the molecule is CCN(CC)c1ccc(N)cc1C.O.O.[Ag+].[Br-]. The van der Waals surface area contributed by atoms with E-state index in [4.69, 9.17) is 5.73 Å². The van der Waals surface area contributed by atoms with Crippen molar-refractivity contribution < 1.29 is 50.3 Å². The molecule has 0 amide bonds. The summed E-state index contributed by atoms with van der Waals surface area (Å²) >= 11 is 0. The van der Waals surface area contributed by atoms with Gasteiger partial charge >= 0.3 is 22.4 Å². The molecule has 4 nitrogen and oxygen atoms in total. The molecule has 106 valence electrons. The predicted molar refractivity (Wildman–Crippen MR) is 66.4 cm³/mol. The van der Waals surface area contributed by atoms with Gasteiger partial charge in [-0.3, -0.25) is 0 Å². The first-order valence-electron chi connectivity index (χ1n) is 4.80. The quantitative estimate of drug-likeness (QED) is 0.458. The molecule has 0 unspecified atom stereocenters. The van der Waals surface area contributed by atoms with Crippen LogP contribution in [-0.2, 0) is 22.4 Å². The number of benzene rings is 1. The van der Waals surface area contributed by atoms with E-state index in [1.807, 2.05) is 12.1 Å². The molecule has 0 saturated heterocycles. The van der Waals surface area contributed by atoms with Crippen LogP contribution < -0.4 is 27.6 Å². The van der Waals surface area contributed by atoms with Crippen molar-refractivity contribution in [2.75, 3.05) is 23.7 Å². The van der Waals surface area contributed by atoms with Crippen molar-refractivity contribution in [2.45, 2.75) is 20.8 Å². The van der Waals surface area contributed by atoms with E-state index in [9.17, 15) is 0 Å². The number of nitrogens with zero attached hydrogens (tertiary/aromatic N) is 1.